The van der Waals surface area contributed by atoms with Gasteiger partial charge in [0.05, 0.1) is 5.69 Å². The number of anilines is 1. The molecule has 1 aliphatic heterocycles. The number of benzene rings is 1. The number of hydrogen-bond donors (Lipinski definition) is 1. The Bertz CT molecular complexity index is 450. The zero-order valence-electron chi connectivity index (χ0n) is 11.1. The standard InChI is InChI=1S/C15H20F2N2/c16-12-5-4-6-13(14(12)17)19-10-9-18-15(11-19)7-2-1-3-8-15/h4-6,18H,1-3,7-11H2. The third kappa shape index (κ3) is 2.46. The van der Waals surface area contributed by atoms with E-state index in [4.69, 9.17) is 0 Å². The Kier molecular flexibility index (Phi) is 3.44. The number of hydrogen-bond acceptors (Lipinski definition) is 2. The van der Waals surface area contributed by atoms with Crippen LogP contribution in [-0.4, -0.2) is 25.2 Å². The van der Waals surface area contributed by atoms with Crippen molar-refractivity contribution in [2.24, 2.45) is 0 Å². The molecular formula is C15H20F2N2. The minimum atomic E-state index is -0.756. The van der Waals surface area contributed by atoms with Crippen LogP contribution in [0, 0.1) is 11.6 Å². The minimum Gasteiger partial charge on any atom is -0.366 e. The molecule has 0 unspecified atom stereocenters. The molecule has 2 fully saturated rings. The van der Waals surface area contributed by atoms with Gasteiger partial charge in [-0.25, -0.2) is 8.78 Å². The molecule has 1 heterocycles. The lowest BCUT2D eigenvalue weighted by Gasteiger charge is -2.47. The molecular weight excluding hydrogens is 246 g/mol. The maximum Gasteiger partial charge on any atom is 0.182 e. The lowest BCUT2D eigenvalue weighted by molar-refractivity contribution is 0.215. The van der Waals surface area contributed by atoms with Crippen molar-refractivity contribution in [3.63, 3.8) is 0 Å². The van der Waals surface area contributed by atoms with Crippen LogP contribution in [0.3, 0.4) is 0 Å². The minimum absolute atomic E-state index is 0.106. The molecule has 4 heteroatoms. The highest BCUT2D eigenvalue weighted by Gasteiger charge is 2.36. The molecule has 1 saturated carbocycles. The van der Waals surface area contributed by atoms with E-state index in [1.807, 2.05) is 4.90 Å². The summed E-state index contributed by atoms with van der Waals surface area (Å²) in [5.41, 5.74) is 0.515. The number of nitrogens with one attached hydrogen (secondary N) is 1. The number of halogens is 2. The predicted molar refractivity (Wildman–Crippen MR) is 72.4 cm³/mol. The second-order valence-electron chi connectivity index (χ2n) is 5.76. The molecule has 0 atom stereocenters. The molecule has 1 aromatic rings. The highest BCUT2D eigenvalue weighted by Crippen LogP contribution is 2.33. The molecule has 1 spiro atoms. The average Bonchev–Trinajstić information content (AvgIpc) is 2.43. The first-order valence-corrected chi connectivity index (χ1v) is 7.14. The van der Waals surface area contributed by atoms with Gasteiger partial charge in [0.25, 0.3) is 0 Å². The van der Waals surface area contributed by atoms with Crippen LogP contribution in [0.5, 0.6) is 0 Å². The largest absolute Gasteiger partial charge is 0.366 e. The molecule has 1 aromatic carbocycles. The Morgan fingerprint density at radius 2 is 1.89 bits per heavy atom. The van der Waals surface area contributed by atoms with E-state index in [0.717, 1.165) is 32.5 Å². The van der Waals surface area contributed by atoms with E-state index in [2.05, 4.69) is 5.32 Å². The van der Waals surface area contributed by atoms with Gasteiger partial charge in [-0.3, -0.25) is 0 Å². The summed E-state index contributed by atoms with van der Waals surface area (Å²) in [6.45, 7) is 2.37. The molecule has 1 aliphatic carbocycles. The molecule has 2 aliphatic rings. The normalized spacial score (nSPS) is 22.7. The van der Waals surface area contributed by atoms with Gasteiger partial charge in [-0.1, -0.05) is 25.3 Å². The van der Waals surface area contributed by atoms with Gasteiger partial charge in [-0.15, -0.1) is 0 Å². The topological polar surface area (TPSA) is 15.3 Å². The first-order chi connectivity index (χ1) is 9.20. The molecule has 1 N–H and O–H groups in total. The number of rotatable bonds is 1. The lowest BCUT2D eigenvalue weighted by Crippen LogP contribution is -2.61. The maximum atomic E-state index is 13.9. The van der Waals surface area contributed by atoms with Crippen molar-refractivity contribution < 1.29 is 8.78 Å². The lowest BCUT2D eigenvalue weighted by atomic mass is 9.80. The Hall–Kier alpha value is -1.16. The fourth-order valence-corrected chi connectivity index (χ4v) is 3.46. The van der Waals surface area contributed by atoms with Gasteiger partial charge in [-0.2, -0.15) is 0 Å². The van der Waals surface area contributed by atoms with E-state index in [-0.39, 0.29) is 5.54 Å². The van der Waals surface area contributed by atoms with Crippen molar-refractivity contribution in [3.05, 3.63) is 29.8 Å². The first kappa shape index (κ1) is 12.9. The summed E-state index contributed by atoms with van der Waals surface area (Å²) in [5, 5.41) is 3.61. The molecule has 1 saturated heterocycles. The fraction of sp³-hybridized carbons (Fsp3) is 0.600. The quantitative estimate of drug-likeness (QED) is 0.840. The second-order valence-corrected chi connectivity index (χ2v) is 5.76. The maximum absolute atomic E-state index is 13.9. The summed E-state index contributed by atoms with van der Waals surface area (Å²) >= 11 is 0. The Morgan fingerprint density at radius 1 is 1.11 bits per heavy atom. The van der Waals surface area contributed by atoms with Crippen LogP contribution in [-0.2, 0) is 0 Å². The predicted octanol–water partition coefficient (Wildman–Crippen LogP) is 3.08. The fourth-order valence-electron chi connectivity index (χ4n) is 3.46. The van der Waals surface area contributed by atoms with Gasteiger partial charge in [-0.05, 0) is 25.0 Å². The first-order valence-electron chi connectivity index (χ1n) is 7.14. The van der Waals surface area contributed by atoms with E-state index in [1.54, 1.807) is 12.1 Å². The van der Waals surface area contributed by atoms with Crippen LogP contribution < -0.4 is 10.2 Å². The zero-order valence-corrected chi connectivity index (χ0v) is 11.1. The summed E-state index contributed by atoms with van der Waals surface area (Å²) < 4.78 is 27.3. The van der Waals surface area contributed by atoms with E-state index in [0.29, 0.717) is 5.69 Å². The van der Waals surface area contributed by atoms with Crippen LogP contribution >= 0.6 is 0 Å². The van der Waals surface area contributed by atoms with Crippen LogP contribution in [0.2, 0.25) is 0 Å². The van der Waals surface area contributed by atoms with Crippen LogP contribution in [0.25, 0.3) is 0 Å². The van der Waals surface area contributed by atoms with Crippen LogP contribution in [0.1, 0.15) is 32.1 Å². The van der Waals surface area contributed by atoms with Crippen molar-refractivity contribution >= 4 is 5.69 Å². The Balaban J connectivity index is 1.83. The molecule has 3 rings (SSSR count). The van der Waals surface area contributed by atoms with Gasteiger partial charge in [0.1, 0.15) is 0 Å². The summed E-state index contributed by atoms with van der Waals surface area (Å²) in [4.78, 5) is 2.00. The molecule has 19 heavy (non-hydrogen) atoms. The van der Waals surface area contributed by atoms with Crippen LogP contribution in [0.15, 0.2) is 18.2 Å². The van der Waals surface area contributed by atoms with Gasteiger partial charge < -0.3 is 10.2 Å². The smallest absolute Gasteiger partial charge is 0.182 e. The van der Waals surface area contributed by atoms with Crippen molar-refractivity contribution in [2.75, 3.05) is 24.5 Å². The van der Waals surface area contributed by atoms with E-state index in [1.165, 1.54) is 25.3 Å². The molecule has 0 amide bonds. The molecule has 104 valence electrons. The van der Waals surface area contributed by atoms with E-state index < -0.39 is 11.6 Å². The molecule has 0 aromatic heterocycles. The molecule has 0 bridgehead atoms. The van der Waals surface area contributed by atoms with Crippen molar-refractivity contribution in [3.8, 4) is 0 Å². The molecule has 0 radical (unpaired) electrons. The average molecular weight is 266 g/mol. The van der Waals surface area contributed by atoms with Crippen molar-refractivity contribution in [1.82, 2.24) is 5.32 Å². The molecule has 2 nitrogen and oxygen atoms in total. The highest BCUT2D eigenvalue weighted by molar-refractivity contribution is 5.49. The van der Waals surface area contributed by atoms with Crippen molar-refractivity contribution in [1.29, 1.82) is 0 Å². The van der Waals surface area contributed by atoms with Crippen LogP contribution in [0.4, 0.5) is 14.5 Å². The zero-order chi connectivity index (χ0) is 13.3. The summed E-state index contributed by atoms with van der Waals surface area (Å²) in [6.07, 6.45) is 6.03. The SMILES string of the molecule is Fc1cccc(N2CCNC3(CCCCC3)C2)c1F. The summed E-state index contributed by atoms with van der Waals surface area (Å²) in [7, 11) is 0. The van der Waals surface area contributed by atoms with Gasteiger partial charge in [0, 0.05) is 25.2 Å². The van der Waals surface area contributed by atoms with Gasteiger partial charge >= 0.3 is 0 Å². The summed E-state index contributed by atoms with van der Waals surface area (Å²) in [5.74, 6) is -1.47. The Morgan fingerprint density at radius 3 is 2.68 bits per heavy atom. The summed E-state index contributed by atoms with van der Waals surface area (Å²) in [6, 6.07) is 4.45. The Labute approximate surface area is 112 Å². The second kappa shape index (κ2) is 5.08. The monoisotopic (exact) mass is 266 g/mol. The number of piperazine rings is 1. The van der Waals surface area contributed by atoms with Crippen molar-refractivity contribution in [2.45, 2.75) is 37.6 Å². The number of nitrogens with zero attached hydrogens (tertiary/aromatic N) is 1. The van der Waals surface area contributed by atoms with Gasteiger partial charge in [0.15, 0.2) is 11.6 Å². The third-order valence-corrected chi connectivity index (χ3v) is 4.46. The van der Waals surface area contributed by atoms with E-state index in [9.17, 15) is 8.78 Å². The van der Waals surface area contributed by atoms with E-state index >= 15 is 0 Å². The van der Waals surface area contributed by atoms with Gasteiger partial charge in [0.2, 0.25) is 0 Å². The third-order valence-electron chi connectivity index (χ3n) is 4.46. The highest BCUT2D eigenvalue weighted by atomic mass is 19.2.